The molecule has 2 aliphatic rings. The molecule has 0 aliphatic carbocycles. The minimum Gasteiger partial charge on any atom is -0.494 e. The maximum absolute atomic E-state index is 12.9. The molecular formula is C27H32ClN5O3. The van der Waals surface area contributed by atoms with Gasteiger partial charge in [-0.15, -0.1) is 0 Å². The first kappa shape index (κ1) is 25.8. The van der Waals surface area contributed by atoms with Crippen molar-refractivity contribution < 1.29 is 14.3 Å². The van der Waals surface area contributed by atoms with E-state index in [1.165, 1.54) is 35.8 Å². The summed E-state index contributed by atoms with van der Waals surface area (Å²) in [4.78, 5) is 28.3. The van der Waals surface area contributed by atoms with Gasteiger partial charge in [-0.05, 0) is 68.8 Å². The fraction of sp³-hybridized carbons (Fsp3) is 0.333. The third kappa shape index (κ3) is 6.66. The third-order valence-electron chi connectivity index (χ3n) is 6.24. The molecule has 0 spiro atoms. The molecule has 2 saturated heterocycles. The zero-order valence-electron chi connectivity index (χ0n) is 20.3. The highest BCUT2D eigenvalue weighted by Gasteiger charge is 2.25. The van der Waals surface area contributed by atoms with Crippen molar-refractivity contribution in [1.82, 2.24) is 15.1 Å². The summed E-state index contributed by atoms with van der Waals surface area (Å²) >= 11 is 6.20. The minimum absolute atomic E-state index is 0.00239. The van der Waals surface area contributed by atoms with Gasteiger partial charge in [-0.1, -0.05) is 36.4 Å². The highest BCUT2D eigenvalue weighted by Crippen LogP contribution is 2.29. The monoisotopic (exact) mass is 509 g/mol. The highest BCUT2D eigenvalue weighted by atomic mass is 35.5. The Labute approximate surface area is 216 Å². The van der Waals surface area contributed by atoms with Crippen molar-refractivity contribution in [3.05, 3.63) is 77.3 Å². The Morgan fingerprint density at radius 3 is 2.69 bits per heavy atom. The van der Waals surface area contributed by atoms with Crippen molar-refractivity contribution in [3.8, 4) is 5.75 Å². The van der Waals surface area contributed by atoms with E-state index in [-0.39, 0.29) is 30.6 Å². The van der Waals surface area contributed by atoms with Crippen molar-refractivity contribution in [2.75, 3.05) is 44.5 Å². The second-order valence-electron chi connectivity index (χ2n) is 8.94. The van der Waals surface area contributed by atoms with Crippen molar-refractivity contribution in [3.63, 3.8) is 0 Å². The molecule has 4 rings (SSSR count). The van der Waals surface area contributed by atoms with Crippen LogP contribution in [-0.4, -0.2) is 61.1 Å². The molecular weight excluding hydrogens is 478 g/mol. The summed E-state index contributed by atoms with van der Waals surface area (Å²) < 4.78 is 6.03. The van der Waals surface area contributed by atoms with Crippen LogP contribution in [0.2, 0.25) is 5.02 Å². The van der Waals surface area contributed by atoms with E-state index in [0.29, 0.717) is 28.8 Å². The Balaban J connectivity index is 1.54. The number of carbonyl (C=O) groups is 2. The lowest BCUT2D eigenvalue weighted by atomic mass is 10.1. The predicted octanol–water partition coefficient (Wildman–Crippen LogP) is 3.40. The van der Waals surface area contributed by atoms with E-state index in [0.717, 1.165) is 18.5 Å². The molecule has 0 unspecified atom stereocenters. The van der Waals surface area contributed by atoms with Gasteiger partial charge < -0.3 is 19.9 Å². The van der Waals surface area contributed by atoms with Crippen LogP contribution in [0.3, 0.4) is 0 Å². The Morgan fingerprint density at radius 1 is 1.19 bits per heavy atom. The number of anilines is 1. The van der Waals surface area contributed by atoms with Gasteiger partial charge in [0, 0.05) is 22.7 Å². The first-order valence-electron chi connectivity index (χ1n) is 12.1. The van der Waals surface area contributed by atoms with Crippen molar-refractivity contribution >= 4 is 34.8 Å². The Kier molecular flexibility index (Phi) is 8.64. The van der Waals surface area contributed by atoms with E-state index < -0.39 is 0 Å². The van der Waals surface area contributed by atoms with E-state index in [1.807, 2.05) is 30.3 Å². The van der Waals surface area contributed by atoms with E-state index in [4.69, 9.17) is 22.2 Å². The summed E-state index contributed by atoms with van der Waals surface area (Å²) in [6.07, 6.45) is 5.13. The molecule has 190 valence electrons. The van der Waals surface area contributed by atoms with Crippen molar-refractivity contribution in [1.29, 1.82) is 0 Å². The Bertz CT molecular complexity index is 1150. The second-order valence-corrected chi connectivity index (χ2v) is 9.38. The SMILES string of the molecule is C=C(/C=C(/c1cccc(OCCCN2CCCC2)c1)N(N)c1cccc(Cl)c1)C(=O)N1CNC(=O)C1. The summed E-state index contributed by atoms with van der Waals surface area (Å²) in [5.41, 5.74) is 2.13. The number of carbonyl (C=O) groups excluding carboxylic acids is 2. The quantitative estimate of drug-likeness (QED) is 0.168. The number of amides is 2. The standard InChI is InChI=1S/C27H32ClN5O3/c1-20(27(35)32-18-26(34)30-19-32)15-25(33(29)23-9-5-8-22(28)17-23)21-7-4-10-24(16-21)36-14-6-13-31-11-2-3-12-31/h4-5,7-10,15-17H,1-3,6,11-14,18-19,29H2,(H,30,34)/b25-15-. The highest BCUT2D eigenvalue weighted by molar-refractivity contribution is 6.30. The lowest BCUT2D eigenvalue weighted by Gasteiger charge is -2.24. The van der Waals surface area contributed by atoms with Crippen LogP contribution in [0.1, 0.15) is 24.8 Å². The molecule has 2 heterocycles. The number of hydrogen-bond donors (Lipinski definition) is 2. The first-order chi connectivity index (χ1) is 17.4. The van der Waals surface area contributed by atoms with Crippen LogP contribution < -0.4 is 20.9 Å². The summed E-state index contributed by atoms with van der Waals surface area (Å²) in [5, 5.41) is 4.63. The van der Waals surface area contributed by atoms with E-state index in [2.05, 4.69) is 16.8 Å². The maximum atomic E-state index is 12.9. The van der Waals surface area contributed by atoms with Gasteiger partial charge in [0.25, 0.3) is 5.91 Å². The molecule has 0 saturated carbocycles. The number of likely N-dealkylation sites (tertiary alicyclic amines) is 1. The van der Waals surface area contributed by atoms with Crippen LogP contribution in [-0.2, 0) is 9.59 Å². The van der Waals surface area contributed by atoms with Crippen LogP contribution >= 0.6 is 11.6 Å². The molecule has 2 aliphatic heterocycles. The van der Waals surface area contributed by atoms with Crippen LogP contribution in [0.25, 0.3) is 5.70 Å². The number of ether oxygens (including phenoxy) is 1. The van der Waals surface area contributed by atoms with Gasteiger partial charge in [-0.3, -0.25) is 14.6 Å². The van der Waals surface area contributed by atoms with E-state index in [1.54, 1.807) is 24.3 Å². The molecule has 0 aromatic heterocycles. The molecule has 3 N–H and O–H groups in total. The lowest BCUT2D eigenvalue weighted by Crippen LogP contribution is -2.32. The summed E-state index contributed by atoms with van der Waals surface area (Å²) in [5.74, 6) is 6.70. The molecule has 2 amide bonds. The van der Waals surface area contributed by atoms with Gasteiger partial charge in [0.1, 0.15) is 12.3 Å². The fourth-order valence-corrected chi connectivity index (χ4v) is 4.51. The van der Waals surface area contributed by atoms with Gasteiger partial charge in [-0.25, -0.2) is 5.84 Å². The van der Waals surface area contributed by atoms with Gasteiger partial charge in [0.2, 0.25) is 5.91 Å². The molecule has 36 heavy (non-hydrogen) atoms. The van der Waals surface area contributed by atoms with Crippen molar-refractivity contribution in [2.24, 2.45) is 5.84 Å². The normalized spacial score (nSPS) is 16.2. The second kappa shape index (κ2) is 12.1. The minimum atomic E-state index is -0.348. The van der Waals surface area contributed by atoms with E-state index >= 15 is 0 Å². The number of benzene rings is 2. The smallest absolute Gasteiger partial charge is 0.255 e. The molecule has 2 aromatic carbocycles. The number of hydrazine groups is 1. The number of nitrogens with one attached hydrogen (secondary N) is 1. The average Bonchev–Trinajstić information content (AvgIpc) is 3.56. The molecule has 2 fully saturated rings. The Hall–Kier alpha value is -3.33. The molecule has 0 atom stereocenters. The molecule has 9 heteroatoms. The van der Waals surface area contributed by atoms with Gasteiger partial charge in [0.15, 0.2) is 0 Å². The lowest BCUT2D eigenvalue weighted by molar-refractivity contribution is -0.127. The fourth-order valence-electron chi connectivity index (χ4n) is 4.33. The zero-order valence-corrected chi connectivity index (χ0v) is 21.0. The van der Waals surface area contributed by atoms with Crippen LogP contribution in [0.15, 0.2) is 66.8 Å². The first-order valence-corrected chi connectivity index (χ1v) is 12.5. The van der Waals surface area contributed by atoms with Crippen LogP contribution in [0.5, 0.6) is 5.75 Å². The molecule has 2 aromatic rings. The molecule has 0 bridgehead atoms. The van der Waals surface area contributed by atoms with Crippen LogP contribution in [0, 0.1) is 0 Å². The molecule has 0 radical (unpaired) electrons. The third-order valence-corrected chi connectivity index (χ3v) is 6.47. The zero-order chi connectivity index (χ0) is 25.5. The number of hydrogen-bond acceptors (Lipinski definition) is 6. The van der Waals surface area contributed by atoms with Gasteiger partial charge in [0.05, 0.1) is 24.7 Å². The van der Waals surface area contributed by atoms with Crippen molar-refractivity contribution in [2.45, 2.75) is 19.3 Å². The number of nitrogens with zero attached hydrogens (tertiary/aromatic N) is 3. The average molecular weight is 510 g/mol. The topological polar surface area (TPSA) is 91.1 Å². The number of rotatable bonds is 10. The number of halogens is 1. The largest absolute Gasteiger partial charge is 0.494 e. The van der Waals surface area contributed by atoms with Gasteiger partial charge >= 0.3 is 0 Å². The number of nitrogens with two attached hydrogens (primary N) is 1. The predicted molar refractivity (Wildman–Crippen MR) is 142 cm³/mol. The Morgan fingerprint density at radius 2 is 1.97 bits per heavy atom. The molecule has 8 nitrogen and oxygen atoms in total. The van der Waals surface area contributed by atoms with Crippen LogP contribution in [0.4, 0.5) is 5.69 Å². The summed E-state index contributed by atoms with van der Waals surface area (Å²) in [7, 11) is 0. The maximum Gasteiger partial charge on any atom is 0.255 e. The van der Waals surface area contributed by atoms with Gasteiger partial charge in [-0.2, -0.15) is 0 Å². The summed E-state index contributed by atoms with van der Waals surface area (Å²) in [6.45, 7) is 8.10. The van der Waals surface area contributed by atoms with E-state index in [9.17, 15) is 9.59 Å². The summed E-state index contributed by atoms with van der Waals surface area (Å²) in [6, 6.07) is 14.7.